The third-order valence-electron chi connectivity index (χ3n) is 1.97. The van der Waals surface area contributed by atoms with Gasteiger partial charge in [-0.1, -0.05) is 13.0 Å². The number of hydrogen-bond donors (Lipinski definition) is 2. The van der Waals surface area contributed by atoms with Gasteiger partial charge in [0.05, 0.1) is 7.11 Å². The van der Waals surface area contributed by atoms with Crippen LogP contribution < -0.4 is 10.2 Å². The molecule has 0 spiro atoms. The van der Waals surface area contributed by atoms with E-state index in [1.165, 1.54) is 7.11 Å². The predicted octanol–water partition coefficient (Wildman–Crippen LogP) is 0.327. The number of methoxy groups -OCH3 is 1. The molecule has 6 nitrogen and oxygen atoms in total. The minimum absolute atomic E-state index is 0.448. The molecule has 0 aliphatic heterocycles. The van der Waals surface area contributed by atoms with Gasteiger partial charge in [0.15, 0.2) is 0 Å². The van der Waals surface area contributed by atoms with Gasteiger partial charge in [-0.3, -0.25) is 20.1 Å². The van der Waals surface area contributed by atoms with Crippen LogP contribution in [-0.4, -0.2) is 29.7 Å². The number of ether oxygens (including phenoxy) is 1. The lowest BCUT2D eigenvalue weighted by atomic mass is 9.78. The lowest BCUT2D eigenvalue weighted by Crippen LogP contribution is -2.38. The third kappa shape index (κ3) is 2.66. The van der Waals surface area contributed by atoms with Gasteiger partial charge in [-0.25, -0.2) is 4.98 Å². The molecular weight excluding hydrogens is 201 g/mol. The summed E-state index contributed by atoms with van der Waals surface area (Å²) >= 11 is 0. The standard InChI is InChI=1S/C8H12BNO5/c1-3-7-6(9(14-11)15-12)4-5-8(10-7)13-2/h4-5,11-12H,3H2,1-2H3. The maximum Gasteiger partial charge on any atom is 0.555 e. The lowest BCUT2D eigenvalue weighted by Gasteiger charge is -2.10. The Morgan fingerprint density at radius 2 is 2.00 bits per heavy atom. The molecule has 0 aromatic carbocycles. The van der Waals surface area contributed by atoms with Gasteiger partial charge in [0, 0.05) is 11.2 Å². The van der Waals surface area contributed by atoms with Crippen LogP contribution in [0.1, 0.15) is 12.6 Å². The number of pyridine rings is 1. The molecular formula is C8H12BNO5. The molecule has 0 unspecified atom stereocenters. The maximum absolute atomic E-state index is 8.48. The van der Waals surface area contributed by atoms with Crippen molar-refractivity contribution in [2.75, 3.05) is 7.11 Å². The minimum atomic E-state index is -1.25. The molecule has 0 aliphatic carbocycles. The van der Waals surface area contributed by atoms with E-state index in [1.54, 1.807) is 12.1 Å². The molecule has 1 aromatic heterocycles. The van der Waals surface area contributed by atoms with Gasteiger partial charge in [-0.05, 0) is 12.5 Å². The van der Waals surface area contributed by atoms with Crippen LogP contribution in [0.25, 0.3) is 0 Å². The number of rotatable bonds is 5. The first kappa shape index (κ1) is 11.9. The van der Waals surface area contributed by atoms with Crippen molar-refractivity contribution in [3.05, 3.63) is 17.8 Å². The van der Waals surface area contributed by atoms with Crippen LogP contribution in [0, 0.1) is 0 Å². The first-order valence-electron chi connectivity index (χ1n) is 4.41. The monoisotopic (exact) mass is 213 g/mol. The largest absolute Gasteiger partial charge is 0.555 e. The Labute approximate surface area is 87.4 Å². The Balaban J connectivity index is 3.06. The molecule has 0 radical (unpaired) electrons. The van der Waals surface area contributed by atoms with Crippen molar-refractivity contribution in [3.8, 4) is 5.88 Å². The second-order valence-corrected chi connectivity index (χ2v) is 2.79. The van der Waals surface area contributed by atoms with E-state index in [4.69, 9.17) is 15.3 Å². The zero-order chi connectivity index (χ0) is 11.3. The van der Waals surface area contributed by atoms with Crippen molar-refractivity contribution in [1.29, 1.82) is 0 Å². The smallest absolute Gasteiger partial charge is 0.481 e. The van der Waals surface area contributed by atoms with Crippen LogP contribution in [0.4, 0.5) is 0 Å². The van der Waals surface area contributed by atoms with Gasteiger partial charge in [-0.2, -0.15) is 0 Å². The number of hydrogen-bond acceptors (Lipinski definition) is 6. The Morgan fingerprint density at radius 3 is 2.47 bits per heavy atom. The predicted molar refractivity (Wildman–Crippen MR) is 53.0 cm³/mol. The van der Waals surface area contributed by atoms with Crippen molar-refractivity contribution in [1.82, 2.24) is 4.98 Å². The van der Waals surface area contributed by atoms with Crippen molar-refractivity contribution in [2.45, 2.75) is 13.3 Å². The highest BCUT2D eigenvalue weighted by atomic mass is 17.2. The molecule has 1 aromatic rings. The van der Waals surface area contributed by atoms with E-state index in [9.17, 15) is 0 Å². The molecule has 0 bridgehead atoms. The van der Waals surface area contributed by atoms with E-state index in [2.05, 4.69) is 14.6 Å². The summed E-state index contributed by atoms with van der Waals surface area (Å²) in [5, 5.41) is 17.0. The second-order valence-electron chi connectivity index (χ2n) is 2.79. The number of nitrogens with zero attached hydrogens (tertiary/aromatic N) is 1. The first-order chi connectivity index (χ1) is 7.26. The fourth-order valence-corrected chi connectivity index (χ4v) is 1.24. The van der Waals surface area contributed by atoms with Crippen LogP contribution in [-0.2, 0) is 16.0 Å². The summed E-state index contributed by atoms with van der Waals surface area (Å²) in [5.41, 5.74) is 1.06. The summed E-state index contributed by atoms with van der Waals surface area (Å²) in [6, 6.07) is 3.18. The van der Waals surface area contributed by atoms with E-state index in [-0.39, 0.29) is 0 Å². The average molecular weight is 213 g/mol. The molecule has 0 saturated carbocycles. The van der Waals surface area contributed by atoms with E-state index in [1.807, 2.05) is 6.92 Å². The van der Waals surface area contributed by atoms with E-state index in [0.29, 0.717) is 23.5 Å². The topological polar surface area (TPSA) is 81.0 Å². The van der Waals surface area contributed by atoms with Crippen LogP contribution in [0.3, 0.4) is 0 Å². The summed E-state index contributed by atoms with van der Waals surface area (Å²) in [6.07, 6.45) is 0.593. The van der Waals surface area contributed by atoms with Crippen LogP contribution in [0.5, 0.6) is 5.88 Å². The summed E-state index contributed by atoms with van der Waals surface area (Å²) in [7, 11) is 0.252. The normalized spacial score (nSPS) is 10.1. The Bertz CT molecular complexity index is 318. The second kappa shape index (κ2) is 5.67. The van der Waals surface area contributed by atoms with Crippen molar-refractivity contribution < 1.29 is 24.9 Å². The fourth-order valence-electron chi connectivity index (χ4n) is 1.24. The molecule has 1 heterocycles. The Kier molecular flexibility index (Phi) is 4.51. The molecule has 1 rings (SSSR count). The highest BCUT2D eigenvalue weighted by molar-refractivity contribution is 6.61. The Hall–Kier alpha value is -1.15. The van der Waals surface area contributed by atoms with Crippen molar-refractivity contribution in [2.24, 2.45) is 0 Å². The van der Waals surface area contributed by atoms with E-state index < -0.39 is 7.12 Å². The van der Waals surface area contributed by atoms with Crippen LogP contribution in [0.2, 0.25) is 0 Å². The summed E-state index contributed by atoms with van der Waals surface area (Å²) in [5.74, 6) is 0.449. The number of aromatic nitrogens is 1. The SMILES string of the molecule is CCc1nc(OC)ccc1B(OO)OO. The van der Waals surface area contributed by atoms with Crippen LogP contribution >= 0.6 is 0 Å². The quantitative estimate of drug-likeness (QED) is 0.416. The van der Waals surface area contributed by atoms with Gasteiger partial charge >= 0.3 is 7.12 Å². The van der Waals surface area contributed by atoms with Gasteiger partial charge in [0.25, 0.3) is 0 Å². The minimum Gasteiger partial charge on any atom is -0.481 e. The number of aryl methyl sites for hydroxylation is 1. The Morgan fingerprint density at radius 1 is 1.33 bits per heavy atom. The highest BCUT2D eigenvalue weighted by Gasteiger charge is 2.25. The molecule has 82 valence electrons. The van der Waals surface area contributed by atoms with Crippen molar-refractivity contribution in [3.63, 3.8) is 0 Å². The van der Waals surface area contributed by atoms with Gasteiger partial charge in [-0.15, -0.1) is 0 Å². The fraction of sp³-hybridized carbons (Fsp3) is 0.375. The van der Waals surface area contributed by atoms with Crippen molar-refractivity contribution >= 4 is 12.6 Å². The summed E-state index contributed by atoms with van der Waals surface area (Å²) in [4.78, 5) is 12.0. The highest BCUT2D eigenvalue weighted by Crippen LogP contribution is 2.07. The van der Waals surface area contributed by atoms with Gasteiger partial charge in [0.2, 0.25) is 5.88 Å². The molecule has 0 amide bonds. The average Bonchev–Trinajstić information content (AvgIpc) is 2.31. The van der Waals surface area contributed by atoms with Gasteiger partial charge < -0.3 is 4.74 Å². The third-order valence-corrected chi connectivity index (χ3v) is 1.97. The molecule has 2 N–H and O–H groups in total. The molecule has 0 aliphatic rings. The zero-order valence-corrected chi connectivity index (χ0v) is 8.51. The van der Waals surface area contributed by atoms with E-state index in [0.717, 1.165) is 0 Å². The molecule has 0 saturated heterocycles. The first-order valence-corrected chi connectivity index (χ1v) is 4.41. The molecule has 7 heteroatoms. The molecule has 0 atom stereocenters. The van der Waals surface area contributed by atoms with E-state index >= 15 is 0 Å². The van der Waals surface area contributed by atoms with Crippen LogP contribution in [0.15, 0.2) is 12.1 Å². The molecule has 0 fully saturated rings. The maximum atomic E-state index is 8.48. The summed E-state index contributed by atoms with van der Waals surface area (Å²) in [6.45, 7) is 1.87. The lowest BCUT2D eigenvalue weighted by molar-refractivity contribution is -0.221. The molecule has 15 heavy (non-hydrogen) atoms. The zero-order valence-electron chi connectivity index (χ0n) is 8.51. The van der Waals surface area contributed by atoms with Gasteiger partial charge in [0.1, 0.15) is 0 Å². The summed E-state index contributed by atoms with van der Waals surface area (Å²) < 4.78 is 4.94.